The highest BCUT2D eigenvalue weighted by Crippen LogP contribution is 2.25. The third-order valence-electron chi connectivity index (χ3n) is 5.43. The van der Waals surface area contributed by atoms with Gasteiger partial charge in [0.2, 0.25) is 0 Å². The van der Waals surface area contributed by atoms with Crippen LogP contribution in [0.4, 0.5) is 0 Å². The highest BCUT2D eigenvalue weighted by Gasteiger charge is 2.36. The van der Waals surface area contributed by atoms with Crippen molar-refractivity contribution >= 4 is 30.1 Å². The molecule has 0 bridgehead atoms. The summed E-state index contributed by atoms with van der Waals surface area (Å²) in [4.78, 5) is 39.1. The van der Waals surface area contributed by atoms with E-state index in [4.69, 9.17) is 5.73 Å². The number of hydrogen-bond donors (Lipinski definition) is 2. The normalized spacial score (nSPS) is 13.1. The summed E-state index contributed by atoms with van der Waals surface area (Å²) >= 11 is 0. The minimum atomic E-state index is -0.454. The molecule has 0 radical (unpaired) electrons. The van der Waals surface area contributed by atoms with Gasteiger partial charge in [0.05, 0.1) is 17.7 Å². The maximum absolute atomic E-state index is 12.7. The molecular formula is C22H26ClN3O3. The van der Waals surface area contributed by atoms with Crippen LogP contribution in [0.15, 0.2) is 48.5 Å². The molecule has 1 heterocycles. The van der Waals surface area contributed by atoms with Crippen LogP contribution in [0.5, 0.6) is 0 Å². The van der Waals surface area contributed by atoms with Crippen molar-refractivity contribution in [2.45, 2.75) is 38.8 Å². The SMILES string of the molecule is CCC(N)(CC)CNC(=O)c1ccc2c(c1)C(=O)N(Cc1ccccc1)C2=O.Cl. The van der Waals surface area contributed by atoms with Gasteiger partial charge in [-0.3, -0.25) is 19.3 Å². The van der Waals surface area contributed by atoms with Gasteiger partial charge < -0.3 is 11.1 Å². The number of rotatable bonds is 7. The van der Waals surface area contributed by atoms with Gasteiger partial charge in [0.15, 0.2) is 0 Å². The largest absolute Gasteiger partial charge is 0.350 e. The van der Waals surface area contributed by atoms with Crippen LogP contribution < -0.4 is 11.1 Å². The second-order valence-corrected chi connectivity index (χ2v) is 7.19. The zero-order valence-corrected chi connectivity index (χ0v) is 17.4. The number of carbonyl (C=O) groups is 3. The molecule has 0 spiro atoms. The molecule has 6 nitrogen and oxygen atoms in total. The summed E-state index contributed by atoms with van der Waals surface area (Å²) in [5.41, 5.74) is 7.57. The van der Waals surface area contributed by atoms with Gasteiger partial charge in [-0.05, 0) is 36.6 Å². The average molecular weight is 416 g/mol. The summed E-state index contributed by atoms with van der Waals surface area (Å²) in [5, 5.41) is 2.84. The van der Waals surface area contributed by atoms with Crippen molar-refractivity contribution in [3.8, 4) is 0 Å². The van der Waals surface area contributed by atoms with E-state index in [0.29, 0.717) is 17.7 Å². The number of nitrogens with zero attached hydrogens (tertiary/aromatic N) is 1. The fourth-order valence-corrected chi connectivity index (χ4v) is 3.20. The summed E-state index contributed by atoms with van der Waals surface area (Å²) in [6, 6.07) is 13.9. The van der Waals surface area contributed by atoms with E-state index >= 15 is 0 Å². The summed E-state index contributed by atoms with van der Waals surface area (Å²) < 4.78 is 0. The Morgan fingerprint density at radius 3 is 2.24 bits per heavy atom. The lowest BCUT2D eigenvalue weighted by Crippen LogP contribution is -2.49. The predicted molar refractivity (Wildman–Crippen MR) is 114 cm³/mol. The maximum Gasteiger partial charge on any atom is 0.261 e. The van der Waals surface area contributed by atoms with Gasteiger partial charge in [-0.2, -0.15) is 0 Å². The van der Waals surface area contributed by atoms with Crippen LogP contribution in [-0.2, 0) is 6.54 Å². The molecule has 0 aromatic heterocycles. The number of benzene rings is 2. The molecule has 29 heavy (non-hydrogen) atoms. The Morgan fingerprint density at radius 2 is 1.62 bits per heavy atom. The van der Waals surface area contributed by atoms with Crippen LogP contribution in [0.3, 0.4) is 0 Å². The first-order valence-electron chi connectivity index (χ1n) is 9.50. The molecule has 0 aliphatic carbocycles. The summed E-state index contributed by atoms with van der Waals surface area (Å²) in [6.45, 7) is 4.52. The Morgan fingerprint density at radius 1 is 1.00 bits per heavy atom. The van der Waals surface area contributed by atoms with Crippen LogP contribution in [-0.4, -0.2) is 34.7 Å². The monoisotopic (exact) mass is 415 g/mol. The fourth-order valence-electron chi connectivity index (χ4n) is 3.20. The molecule has 0 unspecified atom stereocenters. The number of imide groups is 1. The van der Waals surface area contributed by atoms with Crippen LogP contribution in [0.2, 0.25) is 0 Å². The lowest BCUT2D eigenvalue weighted by atomic mass is 9.94. The first kappa shape index (κ1) is 22.6. The van der Waals surface area contributed by atoms with Crippen molar-refractivity contribution in [3.05, 3.63) is 70.8 Å². The summed E-state index contributed by atoms with van der Waals surface area (Å²) in [5.74, 6) is -1.02. The van der Waals surface area contributed by atoms with E-state index in [2.05, 4.69) is 5.32 Å². The number of nitrogens with one attached hydrogen (secondary N) is 1. The molecule has 7 heteroatoms. The van der Waals surface area contributed by atoms with Crippen molar-refractivity contribution in [1.82, 2.24) is 10.2 Å². The van der Waals surface area contributed by atoms with Crippen molar-refractivity contribution in [2.24, 2.45) is 5.73 Å². The standard InChI is InChI=1S/C22H25N3O3.ClH/c1-3-22(23,4-2)14-24-19(26)16-10-11-17-18(12-16)21(28)25(20(17)27)13-15-8-6-5-7-9-15;/h5-12H,3-4,13-14,23H2,1-2H3,(H,24,26);1H. The van der Waals surface area contributed by atoms with E-state index < -0.39 is 5.54 Å². The Hall–Kier alpha value is -2.70. The van der Waals surface area contributed by atoms with Gasteiger partial charge in [0, 0.05) is 17.6 Å². The third kappa shape index (κ3) is 4.66. The minimum Gasteiger partial charge on any atom is -0.350 e. The Kier molecular flexibility index (Phi) is 7.16. The van der Waals surface area contributed by atoms with Gasteiger partial charge in [-0.15, -0.1) is 12.4 Å². The van der Waals surface area contributed by atoms with Gasteiger partial charge in [-0.25, -0.2) is 0 Å². The molecule has 3 N–H and O–H groups in total. The second-order valence-electron chi connectivity index (χ2n) is 7.19. The average Bonchev–Trinajstić information content (AvgIpc) is 2.97. The number of hydrogen-bond acceptors (Lipinski definition) is 4. The molecule has 0 saturated heterocycles. The van der Waals surface area contributed by atoms with Crippen LogP contribution in [0.1, 0.15) is 63.3 Å². The van der Waals surface area contributed by atoms with E-state index in [1.165, 1.54) is 11.0 Å². The summed E-state index contributed by atoms with van der Waals surface area (Å²) in [7, 11) is 0. The first-order valence-corrected chi connectivity index (χ1v) is 9.50. The molecule has 0 atom stereocenters. The van der Waals surface area contributed by atoms with Gasteiger partial charge in [-0.1, -0.05) is 44.2 Å². The van der Waals surface area contributed by atoms with Crippen LogP contribution in [0, 0.1) is 0 Å². The smallest absolute Gasteiger partial charge is 0.261 e. The van der Waals surface area contributed by atoms with Crippen molar-refractivity contribution in [1.29, 1.82) is 0 Å². The molecule has 154 valence electrons. The maximum atomic E-state index is 12.7. The van der Waals surface area contributed by atoms with E-state index in [0.717, 1.165) is 18.4 Å². The summed E-state index contributed by atoms with van der Waals surface area (Å²) in [6.07, 6.45) is 1.49. The Labute approximate surface area is 176 Å². The molecule has 0 fully saturated rings. The van der Waals surface area contributed by atoms with Crippen LogP contribution in [0.25, 0.3) is 0 Å². The molecule has 2 aromatic rings. The van der Waals surface area contributed by atoms with Crippen molar-refractivity contribution in [3.63, 3.8) is 0 Å². The van der Waals surface area contributed by atoms with Crippen LogP contribution >= 0.6 is 12.4 Å². The zero-order valence-electron chi connectivity index (χ0n) is 16.6. The van der Waals surface area contributed by atoms with Crippen molar-refractivity contribution < 1.29 is 14.4 Å². The predicted octanol–water partition coefficient (Wildman–Crippen LogP) is 3.15. The van der Waals surface area contributed by atoms with E-state index in [1.54, 1.807) is 12.1 Å². The van der Waals surface area contributed by atoms with Gasteiger partial charge in [0.1, 0.15) is 0 Å². The third-order valence-corrected chi connectivity index (χ3v) is 5.43. The number of amides is 3. The highest BCUT2D eigenvalue weighted by molar-refractivity contribution is 6.22. The molecule has 1 aliphatic rings. The first-order chi connectivity index (χ1) is 13.4. The topological polar surface area (TPSA) is 92.5 Å². The minimum absolute atomic E-state index is 0. The van der Waals surface area contributed by atoms with Gasteiger partial charge in [0.25, 0.3) is 17.7 Å². The molecule has 3 rings (SSSR count). The van der Waals surface area contributed by atoms with E-state index in [9.17, 15) is 14.4 Å². The molecular weight excluding hydrogens is 390 g/mol. The van der Waals surface area contributed by atoms with Gasteiger partial charge >= 0.3 is 0 Å². The lowest BCUT2D eigenvalue weighted by Gasteiger charge is -2.26. The quantitative estimate of drug-likeness (QED) is 0.679. The second kappa shape index (κ2) is 9.20. The molecule has 1 aliphatic heterocycles. The Bertz CT molecular complexity index is 911. The number of nitrogens with two attached hydrogens (primary N) is 1. The number of fused-ring (bicyclic) bond motifs is 1. The van der Waals surface area contributed by atoms with Crippen molar-refractivity contribution in [2.75, 3.05) is 6.54 Å². The highest BCUT2D eigenvalue weighted by atomic mass is 35.5. The number of carbonyl (C=O) groups excluding carboxylic acids is 3. The Balaban J connectivity index is 0.00000300. The van der Waals surface area contributed by atoms with E-state index in [1.807, 2.05) is 44.2 Å². The molecule has 2 aromatic carbocycles. The molecule has 3 amide bonds. The number of halogens is 1. The molecule has 0 saturated carbocycles. The van der Waals surface area contributed by atoms with E-state index in [-0.39, 0.29) is 42.2 Å². The zero-order chi connectivity index (χ0) is 20.3. The fraction of sp³-hybridized carbons (Fsp3) is 0.318. The lowest BCUT2D eigenvalue weighted by molar-refractivity contribution is 0.0642.